The summed E-state index contributed by atoms with van der Waals surface area (Å²) >= 11 is 0. The van der Waals surface area contributed by atoms with Crippen molar-refractivity contribution in [2.24, 2.45) is 11.8 Å². The minimum absolute atomic E-state index is 0.119. The molecule has 5 rings (SSSR count). The van der Waals surface area contributed by atoms with Crippen molar-refractivity contribution in [2.45, 2.75) is 72.8 Å². The van der Waals surface area contributed by atoms with E-state index in [4.69, 9.17) is 14.5 Å². The summed E-state index contributed by atoms with van der Waals surface area (Å²) in [5.74, 6) is 3.67. The highest BCUT2D eigenvalue weighted by Gasteiger charge is 2.22. The van der Waals surface area contributed by atoms with Crippen LogP contribution in [0.5, 0.6) is 11.5 Å². The highest BCUT2D eigenvalue weighted by atomic mass is 16.7. The number of benzene rings is 2. The number of nitrogens with zero attached hydrogens (tertiary/aromatic N) is 4. The van der Waals surface area contributed by atoms with Crippen LogP contribution in [0.4, 0.5) is 0 Å². The normalized spacial score (nSPS) is 15.4. The standard InChI is InChI=1S/C33H46N4O3/c1-24(2)13-19-36(20-14-25(3)4)33(38)27-9-11-28-29(21-27)37(18-8-17-35-15-6-5-7-16-35)32(34-28)26-10-12-30-31(22-26)40-23-39-30/h9-12,21-22,24-25H,5-8,13-20,23H2,1-4H3. The third-order valence-corrected chi connectivity index (χ3v) is 8.17. The van der Waals surface area contributed by atoms with E-state index in [0.717, 1.165) is 84.9 Å². The highest BCUT2D eigenvalue weighted by molar-refractivity contribution is 5.98. The predicted molar refractivity (Wildman–Crippen MR) is 161 cm³/mol. The molecule has 2 aliphatic rings. The molecule has 1 fully saturated rings. The first-order chi connectivity index (χ1) is 19.4. The second-order valence-electron chi connectivity index (χ2n) is 12.3. The number of carbonyl (C=O) groups excluding carboxylic acids is 1. The van der Waals surface area contributed by atoms with Crippen LogP contribution < -0.4 is 9.47 Å². The zero-order valence-corrected chi connectivity index (χ0v) is 24.8. The number of likely N-dealkylation sites (tertiary alicyclic amines) is 1. The van der Waals surface area contributed by atoms with Gasteiger partial charge in [0, 0.05) is 30.8 Å². The lowest BCUT2D eigenvalue weighted by Crippen LogP contribution is -2.34. The molecule has 0 radical (unpaired) electrons. The van der Waals surface area contributed by atoms with E-state index in [1.807, 2.05) is 24.3 Å². The van der Waals surface area contributed by atoms with Crippen molar-refractivity contribution in [1.29, 1.82) is 0 Å². The fourth-order valence-electron chi connectivity index (χ4n) is 5.70. The van der Waals surface area contributed by atoms with Gasteiger partial charge in [0.05, 0.1) is 11.0 Å². The van der Waals surface area contributed by atoms with Gasteiger partial charge in [-0.25, -0.2) is 4.98 Å². The van der Waals surface area contributed by atoms with Gasteiger partial charge >= 0.3 is 0 Å². The number of hydrogen-bond acceptors (Lipinski definition) is 5. The van der Waals surface area contributed by atoms with E-state index in [1.165, 1.54) is 32.4 Å². The molecule has 0 unspecified atom stereocenters. The van der Waals surface area contributed by atoms with Crippen LogP contribution in [0.3, 0.4) is 0 Å². The summed E-state index contributed by atoms with van der Waals surface area (Å²) in [5.41, 5.74) is 3.68. The lowest BCUT2D eigenvalue weighted by Gasteiger charge is -2.26. The smallest absolute Gasteiger partial charge is 0.253 e. The number of aromatic nitrogens is 2. The Morgan fingerprint density at radius 1 is 0.900 bits per heavy atom. The summed E-state index contributed by atoms with van der Waals surface area (Å²) in [6.07, 6.45) is 7.00. The molecule has 0 bridgehead atoms. The number of imidazole rings is 1. The molecule has 0 atom stereocenters. The van der Waals surface area contributed by atoms with Gasteiger partial charge in [0.25, 0.3) is 5.91 Å². The third kappa shape index (κ3) is 6.80. The number of fused-ring (bicyclic) bond motifs is 2. The number of hydrogen-bond donors (Lipinski definition) is 0. The summed E-state index contributed by atoms with van der Waals surface area (Å²) in [7, 11) is 0. The van der Waals surface area contributed by atoms with Crippen molar-refractivity contribution in [1.82, 2.24) is 19.4 Å². The van der Waals surface area contributed by atoms with Gasteiger partial charge in [-0.15, -0.1) is 0 Å². The van der Waals surface area contributed by atoms with Crippen LogP contribution in [-0.4, -0.2) is 64.8 Å². The van der Waals surface area contributed by atoms with Crippen molar-refractivity contribution in [3.8, 4) is 22.9 Å². The summed E-state index contributed by atoms with van der Waals surface area (Å²) in [5, 5.41) is 0. The molecule has 2 aromatic carbocycles. The lowest BCUT2D eigenvalue weighted by atomic mass is 10.1. The van der Waals surface area contributed by atoms with E-state index in [2.05, 4.69) is 54.2 Å². The van der Waals surface area contributed by atoms with Gasteiger partial charge in [-0.3, -0.25) is 4.79 Å². The molecule has 0 N–H and O–H groups in total. The second kappa shape index (κ2) is 13.1. The van der Waals surface area contributed by atoms with E-state index in [9.17, 15) is 4.79 Å². The van der Waals surface area contributed by atoms with Gasteiger partial charge in [-0.2, -0.15) is 0 Å². The molecule has 1 aromatic heterocycles. The topological polar surface area (TPSA) is 59.8 Å². The molecule has 0 aliphatic carbocycles. The minimum atomic E-state index is 0.119. The molecule has 7 heteroatoms. The van der Waals surface area contributed by atoms with Crippen molar-refractivity contribution in [3.05, 3.63) is 42.0 Å². The lowest BCUT2D eigenvalue weighted by molar-refractivity contribution is 0.0741. The number of piperidine rings is 1. The van der Waals surface area contributed by atoms with Crippen LogP contribution in [0.1, 0.15) is 76.6 Å². The van der Waals surface area contributed by atoms with Crippen molar-refractivity contribution in [3.63, 3.8) is 0 Å². The predicted octanol–water partition coefficient (Wildman–Crippen LogP) is 6.84. The molecule has 7 nitrogen and oxygen atoms in total. The highest BCUT2D eigenvalue weighted by Crippen LogP contribution is 2.37. The minimum Gasteiger partial charge on any atom is -0.454 e. The Hall–Kier alpha value is -3.06. The zero-order valence-electron chi connectivity index (χ0n) is 24.8. The molecule has 216 valence electrons. The molecule has 2 aliphatic heterocycles. The van der Waals surface area contributed by atoms with Crippen molar-refractivity contribution in [2.75, 3.05) is 39.5 Å². The average Bonchev–Trinajstić information content (AvgIpc) is 3.57. The second-order valence-corrected chi connectivity index (χ2v) is 12.3. The van der Waals surface area contributed by atoms with Crippen LogP contribution in [0.25, 0.3) is 22.4 Å². The first kappa shape index (κ1) is 28.5. The zero-order chi connectivity index (χ0) is 28.1. The Bertz CT molecular complexity index is 1280. The Morgan fingerprint density at radius 2 is 1.62 bits per heavy atom. The van der Waals surface area contributed by atoms with Crippen molar-refractivity contribution < 1.29 is 14.3 Å². The molecule has 3 heterocycles. The fourth-order valence-corrected chi connectivity index (χ4v) is 5.70. The number of carbonyl (C=O) groups is 1. The summed E-state index contributed by atoms with van der Waals surface area (Å²) < 4.78 is 13.5. The van der Waals surface area contributed by atoms with Gasteiger partial charge < -0.3 is 23.8 Å². The van der Waals surface area contributed by atoms with Crippen LogP contribution in [-0.2, 0) is 6.54 Å². The molecular weight excluding hydrogens is 500 g/mol. The monoisotopic (exact) mass is 546 g/mol. The quantitative estimate of drug-likeness (QED) is 0.249. The van der Waals surface area contributed by atoms with Crippen LogP contribution in [0.15, 0.2) is 36.4 Å². The molecule has 40 heavy (non-hydrogen) atoms. The molecule has 1 saturated heterocycles. The number of rotatable bonds is 12. The van der Waals surface area contributed by atoms with Gasteiger partial charge in [0.15, 0.2) is 11.5 Å². The Morgan fingerprint density at radius 3 is 2.35 bits per heavy atom. The van der Waals surface area contributed by atoms with E-state index >= 15 is 0 Å². The van der Waals surface area contributed by atoms with Gasteiger partial charge in [-0.1, -0.05) is 34.1 Å². The largest absolute Gasteiger partial charge is 0.454 e. The SMILES string of the molecule is CC(C)CCN(CCC(C)C)C(=O)c1ccc2nc(-c3ccc4c(c3)OCO4)n(CCCN3CCCCC3)c2c1. The number of amides is 1. The maximum Gasteiger partial charge on any atom is 0.253 e. The van der Waals surface area contributed by atoms with Crippen molar-refractivity contribution >= 4 is 16.9 Å². The third-order valence-electron chi connectivity index (χ3n) is 8.17. The van der Waals surface area contributed by atoms with E-state index in [1.54, 1.807) is 0 Å². The van der Waals surface area contributed by atoms with Crippen LogP contribution in [0.2, 0.25) is 0 Å². The Labute approximate surface area is 239 Å². The number of aryl methyl sites for hydroxylation is 1. The molecular formula is C33H46N4O3. The summed E-state index contributed by atoms with van der Waals surface area (Å²) in [4.78, 5) is 23.5. The van der Waals surface area contributed by atoms with E-state index in [-0.39, 0.29) is 12.7 Å². The van der Waals surface area contributed by atoms with Gasteiger partial charge in [0.1, 0.15) is 5.82 Å². The fraction of sp³-hybridized carbons (Fsp3) is 0.576. The Kier molecular flexibility index (Phi) is 9.30. The van der Waals surface area contributed by atoms with Crippen LogP contribution >= 0.6 is 0 Å². The average molecular weight is 547 g/mol. The van der Waals surface area contributed by atoms with Gasteiger partial charge in [0.2, 0.25) is 6.79 Å². The maximum absolute atomic E-state index is 13.8. The maximum atomic E-state index is 13.8. The van der Waals surface area contributed by atoms with Gasteiger partial charge in [-0.05, 0) is 100.0 Å². The first-order valence-corrected chi connectivity index (χ1v) is 15.3. The summed E-state index contributed by atoms with van der Waals surface area (Å²) in [6, 6.07) is 12.1. The first-order valence-electron chi connectivity index (χ1n) is 15.3. The van der Waals surface area contributed by atoms with E-state index < -0.39 is 0 Å². The van der Waals surface area contributed by atoms with Crippen LogP contribution in [0, 0.1) is 11.8 Å². The summed E-state index contributed by atoms with van der Waals surface area (Å²) in [6.45, 7) is 15.0. The molecule has 0 saturated carbocycles. The van der Waals surface area contributed by atoms with E-state index in [0.29, 0.717) is 11.8 Å². The molecule has 3 aromatic rings. The molecule has 0 spiro atoms. The number of ether oxygens (including phenoxy) is 2. The molecule has 1 amide bonds. The Balaban J connectivity index is 1.46.